The van der Waals surface area contributed by atoms with E-state index in [1.807, 2.05) is 31.2 Å². The standard InChI is InChI=1S/C23H30N4O2S/c1-4-5-6-16-7-9-17(10-8-16)22(28)25-21-13-15(2)26-27(21)23-24-19-12-11-18(29-3)14-20(19)30-23/h11-14,16-17H,4-10H2,1-3H3,(H,25,28). The van der Waals surface area contributed by atoms with Crippen LogP contribution < -0.4 is 10.1 Å². The van der Waals surface area contributed by atoms with Crippen LogP contribution in [-0.4, -0.2) is 27.8 Å². The number of rotatable bonds is 7. The average Bonchev–Trinajstić information content (AvgIpc) is 3.34. The summed E-state index contributed by atoms with van der Waals surface area (Å²) >= 11 is 1.54. The van der Waals surface area contributed by atoms with Crippen molar-refractivity contribution in [2.45, 2.75) is 58.8 Å². The number of aryl methyl sites for hydroxylation is 1. The summed E-state index contributed by atoms with van der Waals surface area (Å²) in [6.45, 7) is 4.17. The zero-order valence-electron chi connectivity index (χ0n) is 18.0. The van der Waals surface area contributed by atoms with Crippen LogP contribution in [0.2, 0.25) is 0 Å². The van der Waals surface area contributed by atoms with Crippen LogP contribution >= 0.6 is 11.3 Å². The number of benzene rings is 1. The van der Waals surface area contributed by atoms with E-state index < -0.39 is 0 Å². The second-order valence-corrected chi connectivity index (χ2v) is 9.27. The maximum absolute atomic E-state index is 13.0. The first-order chi connectivity index (χ1) is 14.6. The minimum atomic E-state index is 0.0890. The Hall–Kier alpha value is -2.41. The van der Waals surface area contributed by atoms with Gasteiger partial charge in [-0.1, -0.05) is 37.5 Å². The van der Waals surface area contributed by atoms with Crippen LogP contribution in [0, 0.1) is 18.8 Å². The first-order valence-corrected chi connectivity index (χ1v) is 11.7. The number of nitrogens with zero attached hydrogens (tertiary/aromatic N) is 3. The highest BCUT2D eigenvalue weighted by atomic mass is 32.1. The van der Waals surface area contributed by atoms with Gasteiger partial charge in [-0.2, -0.15) is 9.78 Å². The SMILES string of the molecule is CCCCC1CCC(C(=O)Nc2cc(C)nn2-c2nc3ccc(OC)cc3s2)CC1. The van der Waals surface area contributed by atoms with E-state index in [0.29, 0.717) is 5.82 Å². The van der Waals surface area contributed by atoms with Crippen molar-refractivity contribution in [3.63, 3.8) is 0 Å². The van der Waals surface area contributed by atoms with E-state index in [9.17, 15) is 4.79 Å². The van der Waals surface area contributed by atoms with Crippen LogP contribution in [-0.2, 0) is 4.79 Å². The van der Waals surface area contributed by atoms with Gasteiger partial charge in [0.05, 0.1) is 23.0 Å². The molecule has 0 aliphatic heterocycles. The minimum absolute atomic E-state index is 0.0890. The van der Waals surface area contributed by atoms with Gasteiger partial charge in [0.1, 0.15) is 11.6 Å². The molecule has 0 unspecified atom stereocenters. The lowest BCUT2D eigenvalue weighted by molar-refractivity contribution is -0.121. The molecule has 2 heterocycles. The molecular weight excluding hydrogens is 396 g/mol. The Morgan fingerprint density at radius 3 is 2.80 bits per heavy atom. The molecule has 1 aromatic carbocycles. The number of carbonyl (C=O) groups is 1. The number of thiazole rings is 1. The van der Waals surface area contributed by atoms with Gasteiger partial charge >= 0.3 is 0 Å². The van der Waals surface area contributed by atoms with Crippen LogP contribution in [0.4, 0.5) is 5.82 Å². The zero-order valence-corrected chi connectivity index (χ0v) is 18.8. The van der Waals surface area contributed by atoms with E-state index in [1.165, 1.54) is 30.6 Å². The van der Waals surface area contributed by atoms with Gasteiger partial charge in [-0.15, -0.1) is 0 Å². The highest BCUT2D eigenvalue weighted by molar-refractivity contribution is 7.20. The number of nitrogens with one attached hydrogen (secondary N) is 1. The van der Waals surface area contributed by atoms with Crippen molar-refractivity contribution in [1.82, 2.24) is 14.8 Å². The van der Waals surface area contributed by atoms with Gasteiger partial charge in [0.15, 0.2) is 0 Å². The third-order valence-electron chi connectivity index (χ3n) is 6.03. The molecule has 2 aromatic heterocycles. The highest BCUT2D eigenvalue weighted by Crippen LogP contribution is 2.33. The Morgan fingerprint density at radius 2 is 2.07 bits per heavy atom. The average molecular weight is 427 g/mol. The fourth-order valence-electron chi connectivity index (χ4n) is 4.28. The number of hydrogen-bond donors (Lipinski definition) is 1. The first kappa shape index (κ1) is 20.8. The molecule has 160 valence electrons. The molecule has 4 rings (SSSR count). The van der Waals surface area contributed by atoms with Crippen molar-refractivity contribution in [2.24, 2.45) is 11.8 Å². The van der Waals surface area contributed by atoms with Crippen molar-refractivity contribution >= 4 is 33.3 Å². The van der Waals surface area contributed by atoms with Gasteiger partial charge in [0.2, 0.25) is 11.0 Å². The molecule has 1 aliphatic rings. The topological polar surface area (TPSA) is 69.0 Å². The number of aromatic nitrogens is 3. The molecule has 0 atom stereocenters. The fourth-order valence-corrected chi connectivity index (χ4v) is 5.24. The summed E-state index contributed by atoms with van der Waals surface area (Å²) in [5.41, 5.74) is 1.75. The van der Waals surface area contributed by atoms with E-state index in [-0.39, 0.29) is 11.8 Å². The van der Waals surface area contributed by atoms with Crippen LogP contribution in [0.25, 0.3) is 15.3 Å². The highest BCUT2D eigenvalue weighted by Gasteiger charge is 2.27. The summed E-state index contributed by atoms with van der Waals surface area (Å²) < 4.78 is 8.09. The molecule has 6 nitrogen and oxygen atoms in total. The summed E-state index contributed by atoms with van der Waals surface area (Å²) in [5, 5.41) is 8.45. The number of unbranched alkanes of at least 4 members (excludes halogenated alkanes) is 1. The quantitative estimate of drug-likeness (QED) is 0.523. The number of amides is 1. The predicted octanol–water partition coefficient (Wildman–Crippen LogP) is 5.73. The molecule has 1 fully saturated rings. The maximum Gasteiger partial charge on any atom is 0.228 e. The largest absolute Gasteiger partial charge is 0.497 e. The van der Waals surface area contributed by atoms with E-state index in [2.05, 4.69) is 17.3 Å². The molecule has 0 radical (unpaired) electrons. The smallest absolute Gasteiger partial charge is 0.228 e. The molecule has 3 aromatic rings. The van der Waals surface area contributed by atoms with Crippen LogP contribution in [0.15, 0.2) is 24.3 Å². The summed E-state index contributed by atoms with van der Waals surface area (Å²) in [6, 6.07) is 7.74. The van der Waals surface area contributed by atoms with Crippen molar-refractivity contribution in [3.8, 4) is 10.9 Å². The first-order valence-electron chi connectivity index (χ1n) is 10.9. The Kier molecular flexibility index (Phi) is 6.37. The van der Waals surface area contributed by atoms with E-state index in [4.69, 9.17) is 9.72 Å². The van der Waals surface area contributed by atoms with Crippen molar-refractivity contribution in [3.05, 3.63) is 30.0 Å². The van der Waals surface area contributed by atoms with E-state index in [1.54, 1.807) is 11.8 Å². The number of anilines is 1. The molecular formula is C23H30N4O2S. The zero-order chi connectivity index (χ0) is 21.1. The molecule has 1 aliphatic carbocycles. The fraction of sp³-hybridized carbons (Fsp3) is 0.522. The van der Waals surface area contributed by atoms with Gasteiger partial charge in [0.25, 0.3) is 0 Å². The summed E-state index contributed by atoms with van der Waals surface area (Å²) in [5.74, 6) is 2.48. The number of ether oxygens (including phenoxy) is 1. The lowest BCUT2D eigenvalue weighted by atomic mass is 9.79. The summed E-state index contributed by atoms with van der Waals surface area (Å²) in [6.07, 6.45) is 8.14. The third-order valence-corrected chi connectivity index (χ3v) is 7.03. The molecule has 1 saturated carbocycles. The Morgan fingerprint density at radius 1 is 1.27 bits per heavy atom. The van der Waals surface area contributed by atoms with Crippen LogP contribution in [0.5, 0.6) is 5.75 Å². The van der Waals surface area contributed by atoms with Crippen molar-refractivity contribution in [1.29, 1.82) is 0 Å². The van der Waals surface area contributed by atoms with Gasteiger partial charge in [-0.05, 0) is 56.7 Å². The Labute approximate surface area is 181 Å². The van der Waals surface area contributed by atoms with Gasteiger partial charge in [-0.25, -0.2) is 4.98 Å². The summed E-state index contributed by atoms with van der Waals surface area (Å²) in [7, 11) is 1.66. The molecule has 7 heteroatoms. The van der Waals surface area contributed by atoms with Gasteiger partial charge in [-0.3, -0.25) is 4.79 Å². The number of fused-ring (bicyclic) bond motifs is 1. The lowest BCUT2D eigenvalue weighted by Crippen LogP contribution is -2.28. The van der Waals surface area contributed by atoms with E-state index in [0.717, 1.165) is 58.4 Å². The number of hydrogen-bond acceptors (Lipinski definition) is 5. The minimum Gasteiger partial charge on any atom is -0.497 e. The van der Waals surface area contributed by atoms with Crippen molar-refractivity contribution in [2.75, 3.05) is 12.4 Å². The molecule has 0 saturated heterocycles. The molecule has 1 amide bonds. The maximum atomic E-state index is 13.0. The second kappa shape index (κ2) is 9.16. The second-order valence-electron chi connectivity index (χ2n) is 8.26. The lowest BCUT2D eigenvalue weighted by Gasteiger charge is -2.27. The molecule has 0 spiro atoms. The number of methoxy groups -OCH3 is 1. The molecule has 30 heavy (non-hydrogen) atoms. The number of carbonyl (C=O) groups excluding carboxylic acids is 1. The molecule has 0 bridgehead atoms. The molecule has 1 N–H and O–H groups in total. The van der Waals surface area contributed by atoms with Crippen LogP contribution in [0.1, 0.15) is 57.6 Å². The van der Waals surface area contributed by atoms with Crippen molar-refractivity contribution < 1.29 is 9.53 Å². The monoisotopic (exact) mass is 426 g/mol. The summed E-state index contributed by atoms with van der Waals surface area (Å²) in [4.78, 5) is 17.7. The Balaban J connectivity index is 1.48. The van der Waals surface area contributed by atoms with Crippen LogP contribution in [0.3, 0.4) is 0 Å². The van der Waals surface area contributed by atoms with Gasteiger partial charge in [0, 0.05) is 12.0 Å². The Bertz CT molecular complexity index is 1020. The van der Waals surface area contributed by atoms with Gasteiger partial charge < -0.3 is 10.1 Å². The third kappa shape index (κ3) is 4.51. The predicted molar refractivity (Wildman–Crippen MR) is 122 cm³/mol. The normalized spacial score (nSPS) is 19.2. The van der Waals surface area contributed by atoms with E-state index >= 15 is 0 Å².